The fourth-order valence-corrected chi connectivity index (χ4v) is 10.3. The molecular formula is C59H75ClN8O12S. The molecule has 0 saturated heterocycles. The fourth-order valence-electron chi connectivity index (χ4n) is 8.94. The summed E-state index contributed by atoms with van der Waals surface area (Å²) in [7, 11) is 2.69. The zero-order valence-electron chi connectivity index (χ0n) is 47.9. The van der Waals surface area contributed by atoms with Gasteiger partial charge in [0.2, 0.25) is 17.7 Å². The summed E-state index contributed by atoms with van der Waals surface area (Å²) < 4.78 is 22.9. The van der Waals surface area contributed by atoms with Crippen LogP contribution in [0.5, 0.6) is 5.75 Å². The number of halogens is 1. The SMILES string of the molecule is COC(=O)c1ccc(-c2ccc(Cl)c3c2CNC(=O)[C@H](Cc2cn(C(=O)OC(C)(C)C)c4ccccc24)N(C)C(=O)[C@H](CCCCNC(=O)OC(C)(C)C)NC(=O)[C@H](CCCNC(=O)OC(C)(C)C)NCc2cccnc2S3)cc1O. The molecule has 3 heterocycles. The summed E-state index contributed by atoms with van der Waals surface area (Å²) in [6.45, 7) is 16.1. The van der Waals surface area contributed by atoms with E-state index in [4.69, 9.17) is 35.5 Å². The van der Waals surface area contributed by atoms with Gasteiger partial charge in [0, 0.05) is 62.3 Å². The number of aromatic hydroxyl groups is 1. The lowest BCUT2D eigenvalue weighted by Gasteiger charge is -2.32. The Kier molecular flexibility index (Phi) is 21.3. The third-order valence-corrected chi connectivity index (χ3v) is 14.4. The lowest BCUT2D eigenvalue weighted by molar-refractivity contribution is -0.142. The molecule has 1 aliphatic heterocycles. The second kappa shape index (κ2) is 27.4. The number of hydrogen-bond donors (Lipinski definition) is 6. The summed E-state index contributed by atoms with van der Waals surface area (Å²) in [4.78, 5) is 104. The third kappa shape index (κ3) is 17.8. The highest BCUT2D eigenvalue weighted by molar-refractivity contribution is 7.99. The molecule has 6 N–H and O–H groups in total. The van der Waals surface area contributed by atoms with Gasteiger partial charge in [-0.3, -0.25) is 19.0 Å². The van der Waals surface area contributed by atoms with Crippen molar-refractivity contribution in [2.75, 3.05) is 27.2 Å². The van der Waals surface area contributed by atoms with Crippen molar-refractivity contribution in [2.45, 2.75) is 159 Å². The molecule has 0 spiro atoms. The number of pyridine rings is 1. The van der Waals surface area contributed by atoms with Crippen molar-refractivity contribution >= 4 is 76.2 Å². The van der Waals surface area contributed by atoms with Crippen molar-refractivity contribution in [3.63, 3.8) is 0 Å². The molecule has 0 fully saturated rings. The molecular weight excluding hydrogens is 1080 g/mol. The number of rotatable bonds is 13. The van der Waals surface area contributed by atoms with Crippen molar-refractivity contribution in [1.82, 2.24) is 41.0 Å². The first-order valence-corrected chi connectivity index (χ1v) is 28.0. The largest absolute Gasteiger partial charge is 0.507 e. The number of unbranched alkanes of at least 4 members (excludes halogenated alkanes) is 1. The van der Waals surface area contributed by atoms with E-state index in [0.29, 0.717) is 72.9 Å². The molecule has 3 aromatic carbocycles. The van der Waals surface area contributed by atoms with Crippen molar-refractivity contribution < 1.29 is 57.6 Å². The van der Waals surface area contributed by atoms with Crippen LogP contribution in [0, 0.1) is 0 Å². The van der Waals surface area contributed by atoms with Crippen LogP contribution in [0.1, 0.15) is 121 Å². The van der Waals surface area contributed by atoms with Crippen LogP contribution in [-0.4, -0.2) is 124 Å². The third-order valence-electron chi connectivity index (χ3n) is 12.7. The molecule has 5 aromatic rings. The van der Waals surface area contributed by atoms with Crippen LogP contribution in [-0.2, 0) is 52.8 Å². The predicted molar refractivity (Wildman–Crippen MR) is 308 cm³/mol. The summed E-state index contributed by atoms with van der Waals surface area (Å²) in [5.41, 5.74) is 0.832. The number of amides is 5. The summed E-state index contributed by atoms with van der Waals surface area (Å²) in [6.07, 6.45) is 2.53. The maximum atomic E-state index is 15.4. The van der Waals surface area contributed by atoms with Gasteiger partial charge >= 0.3 is 24.2 Å². The number of carbonyl (C=O) groups is 7. The first-order valence-electron chi connectivity index (χ1n) is 26.8. The predicted octanol–water partition coefficient (Wildman–Crippen LogP) is 9.43. The lowest BCUT2D eigenvalue weighted by Crippen LogP contribution is -2.57. The minimum atomic E-state index is -1.29. The van der Waals surface area contributed by atoms with Crippen LogP contribution in [0.15, 0.2) is 89.0 Å². The summed E-state index contributed by atoms with van der Waals surface area (Å²) in [5.74, 6) is -2.84. The highest BCUT2D eigenvalue weighted by atomic mass is 35.5. The van der Waals surface area contributed by atoms with Crippen molar-refractivity contribution in [3.05, 3.63) is 106 Å². The zero-order valence-corrected chi connectivity index (χ0v) is 49.4. The Morgan fingerprint density at radius 3 is 2.10 bits per heavy atom. The molecule has 0 unspecified atom stereocenters. The molecule has 436 valence electrons. The number of fused-ring (bicyclic) bond motifs is 3. The number of nitrogens with one attached hydrogen (secondary N) is 5. The molecule has 0 saturated carbocycles. The molecule has 3 atom stereocenters. The molecule has 0 aliphatic carbocycles. The van der Waals surface area contributed by atoms with Gasteiger partial charge in [-0.25, -0.2) is 24.2 Å². The molecule has 6 rings (SSSR count). The second-order valence-corrected chi connectivity index (χ2v) is 24.0. The summed E-state index contributed by atoms with van der Waals surface area (Å²) in [6, 6.07) is 15.2. The number of esters is 1. The van der Waals surface area contributed by atoms with Gasteiger partial charge in [0.15, 0.2) is 0 Å². The number of carbonyl (C=O) groups excluding carboxylic acids is 7. The number of hydrogen-bond acceptors (Lipinski definition) is 15. The number of phenolic OH excluding ortho intramolecular Hbond substituents is 1. The van der Waals surface area contributed by atoms with Crippen LogP contribution in [0.2, 0.25) is 5.02 Å². The molecule has 0 radical (unpaired) electrons. The zero-order chi connectivity index (χ0) is 59.4. The van der Waals surface area contributed by atoms with E-state index in [-0.39, 0.29) is 56.8 Å². The minimum absolute atomic E-state index is 0.0624. The minimum Gasteiger partial charge on any atom is -0.507 e. The first kappa shape index (κ1) is 62.8. The highest BCUT2D eigenvalue weighted by Crippen LogP contribution is 2.42. The Morgan fingerprint density at radius 1 is 0.790 bits per heavy atom. The normalized spacial score (nSPS) is 16.7. The molecule has 81 heavy (non-hydrogen) atoms. The van der Waals surface area contributed by atoms with Crippen molar-refractivity contribution in [3.8, 4) is 16.9 Å². The number of methoxy groups -OCH3 is 1. The molecule has 22 heteroatoms. The lowest BCUT2D eigenvalue weighted by atomic mass is 9.97. The second-order valence-electron chi connectivity index (χ2n) is 22.6. The van der Waals surface area contributed by atoms with Crippen LogP contribution >= 0.6 is 23.4 Å². The van der Waals surface area contributed by atoms with Crippen LogP contribution in [0.4, 0.5) is 14.4 Å². The standard InChI is InChI=1S/C59H75ClN8O12S/c1-57(2,3)78-54(74)62-27-15-14-20-44-52(72)67(10)46(30-37-34-68(56(76)80-59(7,8)9)45-22-13-12-19-39(37)45)50(71)65-33-41-38(35-23-24-40(47(69)31-35)53(73)77-11)25-26-42(60)48(41)81-51-36(18-16-28-61-51)32-64-43(49(70)66-44)21-17-29-63-55(75)79-58(4,5)6/h12-13,16,18-19,22-26,28,31,34,43-44,46,64,69H,14-15,17,20-21,27,29-30,32-33H2,1-11H3,(H,62,74)(H,63,75)(H,65,71)(H,66,70)/t43-,44-,46-/m0/s1. The molecule has 1 aliphatic rings. The van der Waals surface area contributed by atoms with Gasteiger partial charge in [-0.05, 0) is 153 Å². The van der Waals surface area contributed by atoms with E-state index in [1.54, 1.807) is 117 Å². The molecule has 20 nitrogen and oxygen atoms in total. The van der Waals surface area contributed by atoms with Gasteiger partial charge in [0.05, 0.1) is 23.7 Å². The maximum Gasteiger partial charge on any atom is 0.419 e. The van der Waals surface area contributed by atoms with Gasteiger partial charge in [-0.1, -0.05) is 59.8 Å². The quantitative estimate of drug-likeness (QED) is 0.0365. The van der Waals surface area contributed by atoms with E-state index in [0.717, 1.165) is 0 Å². The summed E-state index contributed by atoms with van der Waals surface area (Å²) >= 11 is 8.35. The number of nitrogens with zero attached hydrogens (tertiary/aromatic N) is 3. The van der Waals surface area contributed by atoms with E-state index in [1.165, 1.54) is 47.5 Å². The highest BCUT2D eigenvalue weighted by Gasteiger charge is 2.35. The Labute approximate surface area is 482 Å². The van der Waals surface area contributed by atoms with E-state index >= 15 is 9.59 Å². The Bertz CT molecular complexity index is 3110. The van der Waals surface area contributed by atoms with Gasteiger partial charge in [0.25, 0.3) is 0 Å². The van der Waals surface area contributed by atoms with Crippen molar-refractivity contribution in [1.29, 1.82) is 0 Å². The number of benzene rings is 3. The molecule has 2 aromatic heterocycles. The number of alkyl carbamates (subject to hydrolysis) is 2. The van der Waals surface area contributed by atoms with Crippen LogP contribution < -0.4 is 26.6 Å². The number of likely N-dealkylation sites (N-methyl/N-ethyl adjacent to an activating group) is 1. The first-order chi connectivity index (χ1) is 38.1. The van der Waals surface area contributed by atoms with E-state index < -0.39 is 76.9 Å². The Morgan fingerprint density at radius 2 is 1.44 bits per heavy atom. The Hall–Kier alpha value is -7.36. The van der Waals surface area contributed by atoms with Gasteiger partial charge in [-0.2, -0.15) is 0 Å². The summed E-state index contributed by atoms with van der Waals surface area (Å²) in [5, 5.41) is 27.5. The molecule has 5 amide bonds. The number of aromatic nitrogens is 2. The average molecular weight is 1160 g/mol. The Balaban J connectivity index is 1.48. The van der Waals surface area contributed by atoms with Crippen LogP contribution in [0.3, 0.4) is 0 Å². The number of ether oxygens (including phenoxy) is 4. The number of para-hydroxylation sites is 1. The fraction of sp³-hybridized carbons (Fsp3) is 0.458. The van der Waals surface area contributed by atoms with E-state index in [1.807, 2.05) is 12.1 Å². The molecule has 0 bridgehead atoms. The smallest absolute Gasteiger partial charge is 0.419 e. The topological polar surface area (TPSA) is 258 Å². The number of phenols is 1. The maximum absolute atomic E-state index is 15.4. The van der Waals surface area contributed by atoms with E-state index in [9.17, 15) is 29.1 Å². The monoisotopic (exact) mass is 1150 g/mol. The van der Waals surface area contributed by atoms with Crippen LogP contribution in [0.25, 0.3) is 22.0 Å². The van der Waals surface area contributed by atoms with Gasteiger partial charge in [0.1, 0.15) is 45.2 Å². The van der Waals surface area contributed by atoms with Gasteiger partial charge in [-0.15, -0.1) is 0 Å². The van der Waals surface area contributed by atoms with E-state index in [2.05, 4.69) is 26.6 Å². The van der Waals surface area contributed by atoms with Crippen molar-refractivity contribution in [2.24, 2.45) is 0 Å². The average Bonchev–Trinajstić information content (AvgIpc) is 3.84. The van der Waals surface area contributed by atoms with Gasteiger partial charge < -0.3 is 55.5 Å².